The van der Waals surface area contributed by atoms with Crippen LogP contribution in [0.15, 0.2) is 60.7 Å². The molecule has 3 aromatic carbocycles. The summed E-state index contributed by atoms with van der Waals surface area (Å²) in [5, 5.41) is 13.1. The first-order chi connectivity index (χ1) is 13.9. The van der Waals surface area contributed by atoms with Crippen molar-refractivity contribution in [3.8, 4) is 5.75 Å². The van der Waals surface area contributed by atoms with Crippen molar-refractivity contribution < 1.29 is 19.2 Å². The van der Waals surface area contributed by atoms with E-state index in [1.807, 2.05) is 42.5 Å². The molecule has 8 nitrogen and oxygen atoms in total. The van der Waals surface area contributed by atoms with Gasteiger partial charge in [0.25, 0.3) is 11.6 Å². The van der Waals surface area contributed by atoms with Crippen LogP contribution >= 0.6 is 0 Å². The van der Waals surface area contributed by atoms with Crippen LogP contribution in [0, 0.1) is 10.1 Å². The number of rotatable bonds is 4. The molecule has 0 saturated carbocycles. The Morgan fingerprint density at radius 1 is 1.14 bits per heavy atom. The normalized spacial score (nSPS) is 13.0. The topological polar surface area (TPSA) is 93.0 Å². The second-order valence-electron chi connectivity index (χ2n) is 6.66. The number of nitro benzene ring substituents is 1. The van der Waals surface area contributed by atoms with Crippen LogP contribution in [0.5, 0.6) is 5.75 Å². The van der Waals surface area contributed by atoms with Gasteiger partial charge in [-0.25, -0.2) is 0 Å². The van der Waals surface area contributed by atoms with Gasteiger partial charge in [-0.3, -0.25) is 24.6 Å². The molecule has 8 heteroatoms. The van der Waals surface area contributed by atoms with Crippen molar-refractivity contribution >= 4 is 39.6 Å². The number of hydrogen-bond donors (Lipinski definition) is 0. The van der Waals surface area contributed by atoms with Crippen LogP contribution in [0.2, 0.25) is 0 Å². The Kier molecular flexibility index (Phi) is 4.59. The molecule has 0 unspecified atom stereocenters. The van der Waals surface area contributed by atoms with Crippen LogP contribution in [0.3, 0.4) is 0 Å². The Labute approximate surface area is 166 Å². The third-order valence-electron chi connectivity index (χ3n) is 4.88. The molecule has 2 amide bonds. The van der Waals surface area contributed by atoms with E-state index < -0.39 is 10.8 Å². The molecule has 0 N–H and O–H groups in total. The molecule has 1 heterocycles. The number of hydrogen-bond acceptors (Lipinski definition) is 5. The molecule has 1 aliphatic heterocycles. The molecular formula is C21H17N3O5. The number of benzene rings is 3. The fourth-order valence-electron chi connectivity index (χ4n) is 3.25. The second kappa shape index (κ2) is 7.23. The Morgan fingerprint density at radius 3 is 2.66 bits per heavy atom. The maximum Gasteiger partial charge on any atom is 0.271 e. The lowest BCUT2D eigenvalue weighted by Crippen LogP contribution is -2.45. The SMILES string of the molecule is CN(C(=O)CN1C(=O)COc2ccc([N+](=O)[O-])cc21)c1ccc2ccccc2c1. The first-order valence-corrected chi connectivity index (χ1v) is 8.91. The van der Waals surface area contributed by atoms with Gasteiger partial charge in [-0.15, -0.1) is 0 Å². The summed E-state index contributed by atoms with van der Waals surface area (Å²) in [6.45, 7) is -0.475. The van der Waals surface area contributed by atoms with E-state index in [0.717, 1.165) is 10.8 Å². The van der Waals surface area contributed by atoms with Gasteiger partial charge in [0.2, 0.25) is 5.91 Å². The van der Waals surface area contributed by atoms with Gasteiger partial charge >= 0.3 is 0 Å². The highest BCUT2D eigenvalue weighted by atomic mass is 16.6. The van der Waals surface area contributed by atoms with E-state index in [1.54, 1.807) is 7.05 Å². The number of ether oxygens (including phenoxy) is 1. The highest BCUT2D eigenvalue weighted by molar-refractivity contribution is 6.06. The monoisotopic (exact) mass is 391 g/mol. The molecule has 4 rings (SSSR count). The first-order valence-electron chi connectivity index (χ1n) is 8.91. The number of amides is 2. The highest BCUT2D eigenvalue weighted by Gasteiger charge is 2.30. The van der Waals surface area contributed by atoms with E-state index in [0.29, 0.717) is 11.4 Å². The third-order valence-corrected chi connectivity index (χ3v) is 4.88. The number of nitro groups is 1. The van der Waals surface area contributed by atoms with Gasteiger partial charge in [0, 0.05) is 24.9 Å². The van der Waals surface area contributed by atoms with Gasteiger partial charge in [0.1, 0.15) is 12.3 Å². The Hall–Kier alpha value is -3.94. The second-order valence-corrected chi connectivity index (χ2v) is 6.66. The molecule has 3 aromatic rings. The number of non-ortho nitro benzene ring substituents is 1. The first kappa shape index (κ1) is 18.4. The van der Waals surface area contributed by atoms with Crippen molar-refractivity contribution in [1.29, 1.82) is 0 Å². The summed E-state index contributed by atoms with van der Waals surface area (Å²) in [4.78, 5) is 38.5. The average Bonchev–Trinajstić information content (AvgIpc) is 2.74. The quantitative estimate of drug-likeness (QED) is 0.503. The number of carbonyl (C=O) groups is 2. The third kappa shape index (κ3) is 3.47. The zero-order valence-corrected chi connectivity index (χ0v) is 15.6. The van der Waals surface area contributed by atoms with Crippen LogP contribution < -0.4 is 14.5 Å². The summed E-state index contributed by atoms with van der Waals surface area (Å²) in [5.74, 6) is -0.428. The lowest BCUT2D eigenvalue weighted by molar-refractivity contribution is -0.384. The molecule has 0 fully saturated rings. The summed E-state index contributed by atoms with van der Waals surface area (Å²) in [5.41, 5.74) is 0.728. The summed E-state index contributed by atoms with van der Waals surface area (Å²) in [6, 6.07) is 17.4. The average molecular weight is 391 g/mol. The van der Waals surface area contributed by atoms with Crippen molar-refractivity contribution in [3.05, 3.63) is 70.8 Å². The van der Waals surface area contributed by atoms with Gasteiger partial charge in [-0.2, -0.15) is 0 Å². The Bertz CT molecular complexity index is 1140. The summed E-state index contributed by atoms with van der Waals surface area (Å²) >= 11 is 0. The fraction of sp³-hybridized carbons (Fsp3) is 0.143. The number of carbonyl (C=O) groups excluding carboxylic acids is 2. The van der Waals surface area contributed by atoms with E-state index in [9.17, 15) is 19.7 Å². The predicted molar refractivity (Wildman–Crippen MR) is 108 cm³/mol. The lowest BCUT2D eigenvalue weighted by atomic mass is 10.1. The molecule has 29 heavy (non-hydrogen) atoms. The van der Waals surface area contributed by atoms with E-state index in [2.05, 4.69) is 0 Å². The molecule has 0 spiro atoms. The molecule has 146 valence electrons. The van der Waals surface area contributed by atoms with E-state index in [-0.39, 0.29) is 30.4 Å². The summed E-state index contributed by atoms with van der Waals surface area (Å²) in [7, 11) is 1.63. The zero-order valence-electron chi connectivity index (χ0n) is 15.6. The van der Waals surface area contributed by atoms with Gasteiger partial charge in [0.15, 0.2) is 6.61 Å². The van der Waals surface area contributed by atoms with Crippen molar-refractivity contribution in [1.82, 2.24) is 0 Å². The van der Waals surface area contributed by atoms with Gasteiger partial charge in [-0.05, 0) is 29.0 Å². The molecule has 0 aromatic heterocycles. The van der Waals surface area contributed by atoms with E-state index in [1.165, 1.54) is 28.0 Å². The Morgan fingerprint density at radius 2 is 1.90 bits per heavy atom. The minimum atomic E-state index is -0.555. The maximum absolute atomic E-state index is 12.9. The van der Waals surface area contributed by atoms with Crippen molar-refractivity contribution in [2.45, 2.75) is 0 Å². The zero-order chi connectivity index (χ0) is 20.5. The van der Waals surface area contributed by atoms with Crippen molar-refractivity contribution in [2.24, 2.45) is 0 Å². The van der Waals surface area contributed by atoms with Crippen LogP contribution in [-0.4, -0.2) is 36.9 Å². The van der Waals surface area contributed by atoms with Crippen LogP contribution in [-0.2, 0) is 9.59 Å². The predicted octanol–water partition coefficient (Wildman–Crippen LogP) is 3.14. The van der Waals surface area contributed by atoms with Gasteiger partial charge in [-0.1, -0.05) is 30.3 Å². The lowest BCUT2D eigenvalue weighted by Gasteiger charge is -2.30. The van der Waals surface area contributed by atoms with Crippen LogP contribution in [0.1, 0.15) is 0 Å². The molecular weight excluding hydrogens is 374 g/mol. The highest BCUT2D eigenvalue weighted by Crippen LogP contribution is 2.35. The molecule has 0 aliphatic carbocycles. The summed E-state index contributed by atoms with van der Waals surface area (Å²) < 4.78 is 5.34. The number of fused-ring (bicyclic) bond motifs is 2. The Balaban J connectivity index is 1.61. The molecule has 0 bridgehead atoms. The van der Waals surface area contributed by atoms with Crippen LogP contribution in [0.25, 0.3) is 10.8 Å². The number of nitrogens with zero attached hydrogens (tertiary/aromatic N) is 3. The minimum Gasteiger partial charge on any atom is -0.482 e. The number of likely N-dealkylation sites (N-methyl/N-ethyl adjacent to an activating group) is 1. The minimum absolute atomic E-state index is 0.178. The molecule has 1 aliphatic rings. The van der Waals surface area contributed by atoms with E-state index in [4.69, 9.17) is 4.74 Å². The fourth-order valence-corrected chi connectivity index (χ4v) is 3.25. The molecule has 0 atom stereocenters. The smallest absolute Gasteiger partial charge is 0.271 e. The molecule has 0 saturated heterocycles. The van der Waals surface area contributed by atoms with E-state index >= 15 is 0 Å². The maximum atomic E-state index is 12.9. The standard InChI is InChI=1S/C21H17N3O5/c1-22(16-7-6-14-4-2-3-5-15(14)10-16)20(25)12-23-18-11-17(24(27)28)8-9-19(18)29-13-21(23)26/h2-11H,12-13H2,1H3. The van der Waals surface area contributed by atoms with Crippen LogP contribution in [0.4, 0.5) is 17.1 Å². The van der Waals surface area contributed by atoms with Gasteiger partial charge in [0.05, 0.1) is 10.6 Å². The largest absolute Gasteiger partial charge is 0.482 e. The van der Waals surface area contributed by atoms with Crippen molar-refractivity contribution in [3.63, 3.8) is 0 Å². The summed E-state index contributed by atoms with van der Waals surface area (Å²) in [6.07, 6.45) is 0. The van der Waals surface area contributed by atoms with Gasteiger partial charge < -0.3 is 9.64 Å². The molecule has 0 radical (unpaired) electrons. The van der Waals surface area contributed by atoms with Crippen molar-refractivity contribution in [2.75, 3.05) is 30.0 Å². The number of anilines is 2.